The molecule has 2 aromatic heterocycles. The Hall–Kier alpha value is -1.07. The summed E-state index contributed by atoms with van der Waals surface area (Å²) in [4.78, 5) is 4.36. The molecule has 0 amide bonds. The molecule has 18 heavy (non-hydrogen) atoms. The van der Waals surface area contributed by atoms with E-state index < -0.39 is 9.05 Å². The summed E-state index contributed by atoms with van der Waals surface area (Å²) < 4.78 is 25.0. The van der Waals surface area contributed by atoms with Crippen LogP contribution in [-0.2, 0) is 15.5 Å². The summed E-state index contributed by atoms with van der Waals surface area (Å²) in [6.07, 6.45) is 2.32. The van der Waals surface area contributed by atoms with Crippen molar-refractivity contribution >= 4 is 25.4 Å². The van der Waals surface area contributed by atoms with E-state index in [0.717, 1.165) is 5.56 Å². The molecule has 4 nitrogen and oxygen atoms in total. The molecule has 0 bridgehead atoms. The van der Waals surface area contributed by atoms with E-state index in [0.29, 0.717) is 23.7 Å². The highest BCUT2D eigenvalue weighted by molar-refractivity contribution is 8.13. The molecule has 0 aliphatic rings. The molecular formula is C12H15ClN2O2S. The first-order valence-electron chi connectivity index (χ1n) is 5.71. The minimum absolute atomic E-state index is 0.0940. The lowest BCUT2D eigenvalue weighted by atomic mass is 10.1. The summed E-state index contributed by atoms with van der Waals surface area (Å²) in [5.41, 5.74) is 2.10. The molecule has 0 saturated heterocycles. The minimum atomic E-state index is -3.81. The van der Waals surface area contributed by atoms with E-state index in [9.17, 15) is 8.42 Å². The SMILES string of the molecule is Cc1ccc2nc(CC(C)C)c(S(=O)(=O)Cl)n2c1. The smallest absolute Gasteiger partial charge is 0.279 e. The number of pyridine rings is 1. The van der Waals surface area contributed by atoms with E-state index in [1.165, 1.54) is 0 Å². The van der Waals surface area contributed by atoms with Gasteiger partial charge in [0, 0.05) is 16.9 Å². The zero-order valence-corrected chi connectivity index (χ0v) is 12.1. The van der Waals surface area contributed by atoms with Crippen molar-refractivity contribution in [3.05, 3.63) is 29.6 Å². The van der Waals surface area contributed by atoms with Crippen LogP contribution in [0.15, 0.2) is 23.4 Å². The molecule has 0 N–H and O–H groups in total. The first-order chi connectivity index (χ1) is 8.29. The monoisotopic (exact) mass is 286 g/mol. The first kappa shape index (κ1) is 13.4. The Morgan fingerprint density at radius 1 is 1.39 bits per heavy atom. The van der Waals surface area contributed by atoms with Crippen molar-refractivity contribution in [2.75, 3.05) is 0 Å². The van der Waals surface area contributed by atoms with Crippen LogP contribution in [0.1, 0.15) is 25.1 Å². The molecule has 0 atom stereocenters. The maximum absolute atomic E-state index is 11.7. The van der Waals surface area contributed by atoms with E-state index in [-0.39, 0.29) is 5.03 Å². The second-order valence-corrected chi connectivity index (χ2v) is 7.32. The van der Waals surface area contributed by atoms with Crippen LogP contribution in [0.3, 0.4) is 0 Å². The van der Waals surface area contributed by atoms with Gasteiger partial charge >= 0.3 is 0 Å². The molecule has 0 radical (unpaired) electrons. The van der Waals surface area contributed by atoms with Crippen molar-refractivity contribution in [2.45, 2.75) is 32.2 Å². The van der Waals surface area contributed by atoms with Gasteiger partial charge in [-0.25, -0.2) is 13.4 Å². The standard InChI is InChI=1S/C12H15ClN2O2S/c1-8(2)6-10-12(18(13,16)17)15-7-9(3)4-5-11(15)14-10/h4-5,7-8H,6H2,1-3H3. The molecule has 98 valence electrons. The van der Waals surface area contributed by atoms with Gasteiger partial charge in [0.2, 0.25) is 0 Å². The van der Waals surface area contributed by atoms with Crippen LogP contribution in [-0.4, -0.2) is 17.8 Å². The normalized spacial score (nSPS) is 12.5. The maximum atomic E-state index is 11.7. The van der Waals surface area contributed by atoms with Gasteiger partial charge in [0.1, 0.15) is 5.65 Å². The number of hydrogen-bond donors (Lipinski definition) is 0. The Morgan fingerprint density at radius 3 is 2.61 bits per heavy atom. The second kappa shape index (κ2) is 4.55. The van der Waals surface area contributed by atoms with Crippen LogP contribution >= 0.6 is 10.7 Å². The highest BCUT2D eigenvalue weighted by Crippen LogP contribution is 2.24. The van der Waals surface area contributed by atoms with Gasteiger partial charge in [-0.15, -0.1) is 0 Å². The van der Waals surface area contributed by atoms with E-state index in [2.05, 4.69) is 4.98 Å². The number of aryl methyl sites for hydroxylation is 1. The summed E-state index contributed by atoms with van der Waals surface area (Å²) in [7, 11) is 1.72. The van der Waals surface area contributed by atoms with Gasteiger partial charge < -0.3 is 0 Å². The van der Waals surface area contributed by atoms with Crippen LogP contribution in [0, 0.1) is 12.8 Å². The quantitative estimate of drug-likeness (QED) is 0.815. The second-order valence-electron chi connectivity index (χ2n) is 4.83. The lowest BCUT2D eigenvalue weighted by molar-refractivity contribution is 0.594. The Kier molecular flexibility index (Phi) is 3.38. The van der Waals surface area contributed by atoms with E-state index in [1.807, 2.05) is 26.8 Å². The molecule has 0 spiro atoms. The number of hydrogen-bond acceptors (Lipinski definition) is 3. The molecule has 0 fully saturated rings. The summed E-state index contributed by atoms with van der Waals surface area (Å²) >= 11 is 0. The zero-order chi connectivity index (χ0) is 13.5. The molecule has 0 aromatic carbocycles. The van der Waals surface area contributed by atoms with Crippen molar-refractivity contribution in [3.8, 4) is 0 Å². The summed E-state index contributed by atoms with van der Waals surface area (Å²) in [6.45, 7) is 5.92. The number of imidazole rings is 1. The van der Waals surface area contributed by atoms with Crippen LogP contribution < -0.4 is 0 Å². The summed E-state index contributed by atoms with van der Waals surface area (Å²) in [5, 5.41) is 0.0940. The fourth-order valence-corrected chi connectivity index (χ4v) is 3.24. The van der Waals surface area contributed by atoms with Crippen LogP contribution in [0.2, 0.25) is 0 Å². The van der Waals surface area contributed by atoms with Crippen LogP contribution in [0.5, 0.6) is 0 Å². The lowest BCUT2D eigenvalue weighted by Crippen LogP contribution is -2.04. The third-order valence-corrected chi connectivity index (χ3v) is 3.96. The Morgan fingerprint density at radius 2 is 2.06 bits per heavy atom. The third-order valence-electron chi connectivity index (χ3n) is 2.62. The molecular weight excluding hydrogens is 272 g/mol. The van der Waals surface area contributed by atoms with Crippen molar-refractivity contribution in [1.82, 2.24) is 9.38 Å². The number of rotatable bonds is 3. The topological polar surface area (TPSA) is 51.4 Å². The maximum Gasteiger partial charge on any atom is 0.279 e. The van der Waals surface area contributed by atoms with Gasteiger partial charge in [-0.3, -0.25) is 4.40 Å². The van der Waals surface area contributed by atoms with Crippen molar-refractivity contribution in [1.29, 1.82) is 0 Å². The Balaban J connectivity index is 2.78. The molecule has 0 saturated carbocycles. The number of fused-ring (bicyclic) bond motifs is 1. The largest absolute Gasteiger partial charge is 0.289 e. The Labute approximate surface area is 111 Å². The predicted molar refractivity (Wildman–Crippen MR) is 71.5 cm³/mol. The van der Waals surface area contributed by atoms with Crippen LogP contribution in [0.25, 0.3) is 5.65 Å². The molecule has 0 unspecified atom stereocenters. The van der Waals surface area contributed by atoms with Crippen molar-refractivity contribution < 1.29 is 8.42 Å². The van der Waals surface area contributed by atoms with E-state index >= 15 is 0 Å². The molecule has 0 aliphatic heterocycles. The predicted octanol–water partition coefficient (Wildman–Crippen LogP) is 2.77. The molecule has 2 rings (SSSR count). The highest BCUT2D eigenvalue weighted by atomic mass is 35.7. The van der Waals surface area contributed by atoms with Gasteiger partial charge in [-0.2, -0.15) is 0 Å². The number of aromatic nitrogens is 2. The summed E-state index contributed by atoms with van der Waals surface area (Å²) in [5.74, 6) is 0.313. The third kappa shape index (κ3) is 2.52. The lowest BCUT2D eigenvalue weighted by Gasteiger charge is -2.04. The van der Waals surface area contributed by atoms with Gasteiger partial charge in [0.05, 0.1) is 5.69 Å². The van der Waals surface area contributed by atoms with E-state index in [1.54, 1.807) is 16.7 Å². The fraction of sp³-hybridized carbons (Fsp3) is 0.417. The minimum Gasteiger partial charge on any atom is -0.289 e. The van der Waals surface area contributed by atoms with E-state index in [4.69, 9.17) is 10.7 Å². The number of halogens is 1. The zero-order valence-electron chi connectivity index (χ0n) is 10.5. The average molecular weight is 287 g/mol. The average Bonchev–Trinajstić information content (AvgIpc) is 2.52. The van der Waals surface area contributed by atoms with Crippen molar-refractivity contribution in [3.63, 3.8) is 0 Å². The van der Waals surface area contributed by atoms with Gasteiger partial charge in [0.25, 0.3) is 9.05 Å². The highest BCUT2D eigenvalue weighted by Gasteiger charge is 2.23. The van der Waals surface area contributed by atoms with Crippen molar-refractivity contribution in [2.24, 2.45) is 5.92 Å². The molecule has 2 aromatic rings. The molecule has 6 heteroatoms. The fourth-order valence-electron chi connectivity index (χ4n) is 1.96. The van der Waals surface area contributed by atoms with Crippen LogP contribution in [0.4, 0.5) is 0 Å². The number of nitrogens with zero attached hydrogens (tertiary/aromatic N) is 2. The van der Waals surface area contributed by atoms with Gasteiger partial charge in [-0.1, -0.05) is 19.9 Å². The van der Waals surface area contributed by atoms with Gasteiger partial charge in [-0.05, 0) is 30.9 Å². The first-order valence-corrected chi connectivity index (χ1v) is 8.02. The molecule has 0 aliphatic carbocycles. The summed E-state index contributed by atoms with van der Waals surface area (Å²) in [6, 6.07) is 3.69. The Bertz CT molecular complexity index is 689. The molecule has 2 heterocycles. The van der Waals surface area contributed by atoms with Gasteiger partial charge in [0.15, 0.2) is 5.03 Å².